The van der Waals surface area contributed by atoms with E-state index in [2.05, 4.69) is 223 Å². The smallest absolute Gasteiger partial charge is 0.165 e. The minimum atomic E-state index is -0.868. The van der Waals surface area contributed by atoms with Crippen molar-refractivity contribution in [2.75, 3.05) is 26.8 Å². The van der Waals surface area contributed by atoms with Crippen molar-refractivity contribution in [3.05, 3.63) is 381 Å². The largest absolute Gasteiger partial charge is 0.508 e. The fourth-order valence-corrected chi connectivity index (χ4v) is 20.8. The second kappa shape index (κ2) is 39.7. The number of phenols is 1. The van der Waals surface area contributed by atoms with E-state index >= 15 is 0 Å². The molecule has 1 fully saturated rings. The van der Waals surface area contributed by atoms with Crippen LogP contribution < -0.4 is 10.1 Å². The Morgan fingerprint density at radius 2 is 0.807 bits per heavy atom. The molecule has 26 heteroatoms. The number of aryl methyl sites for hydroxylation is 6. The van der Waals surface area contributed by atoms with Gasteiger partial charge in [0.1, 0.15) is 23.8 Å². The lowest BCUT2D eigenvalue weighted by molar-refractivity contribution is 0.0752. The summed E-state index contributed by atoms with van der Waals surface area (Å²) in [5.74, 6) is -1.32. The third kappa shape index (κ3) is 17.5. The van der Waals surface area contributed by atoms with Gasteiger partial charge in [0, 0.05) is 171 Å². The summed E-state index contributed by atoms with van der Waals surface area (Å²) in [7, 11) is 1.45. The molecule has 0 bridgehead atoms. The van der Waals surface area contributed by atoms with Gasteiger partial charge in [0.2, 0.25) is 0 Å². The van der Waals surface area contributed by atoms with Crippen LogP contribution in [0.4, 0.5) is 17.6 Å². The zero-order valence-corrected chi connectivity index (χ0v) is 81.0. The number of halogens is 4. The number of piperidine rings is 1. The molecule has 1 unspecified atom stereocenters. The number of benzene rings is 13. The highest BCUT2D eigenvalue weighted by molar-refractivity contribution is 6.13. The fourth-order valence-electron chi connectivity index (χ4n) is 20.8. The molecule has 145 heavy (non-hydrogen) atoms. The molecular formula is C119H103F4N17O5. The van der Waals surface area contributed by atoms with Gasteiger partial charge in [-0.1, -0.05) is 71.8 Å². The van der Waals surface area contributed by atoms with Gasteiger partial charge < -0.3 is 52.3 Å². The van der Waals surface area contributed by atoms with Gasteiger partial charge in [-0.2, -0.15) is 25.5 Å². The standard InChI is InChI=1S/C25H30N4O.C24H19F2N3.C24H17FN4O.C24H20FN3O2.C22H17N3O/c1-3-28-24-8-6-18(2)13-22(24)23-14-20(7-9-25(23)28)29-21(10-12-27-29)17-30-16-19-5-4-11-26-15-19;1-3-28-23-8-4-15(2)12-18(23)19-14-17(6-9-24(19)28)29-22(10-11-27-29)16-5-7-20(25)21(26)13-16;1-2-28-22-5-3-16(25)12-18(22)19-13-17(4-6-23(19)28)29-21(7-9-27-29)15-11-24-20(26-14-15)8-10-30-24;1-3-27-22-7-5-16(13-18(22)19-14-17(29)6-8-23(19)27)28-21(10-11-26-28)15-4-9-24(30-2)20(25)12-15;26-15-24-21-9-5-4-8-18(21)19-14-17(10-11-22(19)24)25-20(12-13-23-25)16-6-2-1-3-7-16/h6-10,12-14,19,26H,3-5,11,15-17H2,1-2H3;4-14H,3H2,1-2H3;3-14H,2H2,1H3;4-14,29H,3H2,1-2H3;1-14,26H,15H2. The average molecular weight is 1930 g/mol. The molecule has 13 heterocycles. The number of methoxy groups -OCH3 is 1. The van der Waals surface area contributed by atoms with Gasteiger partial charge in [0.05, 0.1) is 119 Å². The number of phenolic OH excluding ortho intramolecular Hbond substituents is 1. The monoisotopic (exact) mass is 1930 g/mol. The molecule has 1 atom stereocenters. The Bertz CT molecular complexity index is 9150. The Morgan fingerprint density at radius 1 is 0.379 bits per heavy atom. The highest BCUT2D eigenvalue weighted by Crippen LogP contribution is 2.41. The summed E-state index contributed by atoms with van der Waals surface area (Å²) in [5, 5.41) is 57.0. The van der Waals surface area contributed by atoms with Crippen LogP contribution in [0.1, 0.15) is 57.4 Å². The predicted octanol–water partition coefficient (Wildman–Crippen LogP) is 27.1. The molecule has 0 radical (unpaired) electrons. The van der Waals surface area contributed by atoms with E-state index in [0.29, 0.717) is 29.3 Å². The third-order valence-electron chi connectivity index (χ3n) is 27.7. The minimum Gasteiger partial charge on any atom is -0.508 e. The molecule has 3 N–H and O–H groups in total. The number of aliphatic hydroxyl groups is 1. The van der Waals surface area contributed by atoms with E-state index in [0.717, 1.165) is 196 Å². The number of aromatic nitrogens is 16. The van der Waals surface area contributed by atoms with Gasteiger partial charge >= 0.3 is 0 Å². The van der Waals surface area contributed by atoms with Crippen molar-refractivity contribution in [2.45, 2.75) is 93.9 Å². The number of hydrogen-bond acceptors (Lipinski definition) is 12. The summed E-state index contributed by atoms with van der Waals surface area (Å²) in [6, 6.07) is 95.7. The lowest BCUT2D eigenvalue weighted by Crippen LogP contribution is -2.32. The van der Waals surface area contributed by atoms with E-state index in [1.165, 1.54) is 87.5 Å². The Morgan fingerprint density at radius 3 is 1.31 bits per heavy atom. The van der Waals surface area contributed by atoms with Crippen LogP contribution in [0, 0.1) is 43.0 Å². The van der Waals surface area contributed by atoms with Gasteiger partial charge in [0.25, 0.3) is 0 Å². The van der Waals surface area contributed by atoms with Gasteiger partial charge in [-0.3, -0.25) is 4.98 Å². The van der Waals surface area contributed by atoms with Crippen LogP contribution in [0.2, 0.25) is 0 Å². The summed E-state index contributed by atoms with van der Waals surface area (Å²) in [6.07, 6.45) is 14.8. The molecule has 0 aliphatic carbocycles. The summed E-state index contributed by atoms with van der Waals surface area (Å²) in [6.45, 7) is 19.8. The van der Waals surface area contributed by atoms with E-state index in [9.17, 15) is 27.8 Å². The topological polar surface area (TPSA) is 211 Å². The molecule has 1 aliphatic heterocycles. The van der Waals surface area contributed by atoms with Crippen molar-refractivity contribution in [1.29, 1.82) is 0 Å². The van der Waals surface area contributed by atoms with Crippen molar-refractivity contribution in [3.63, 3.8) is 0 Å². The molecule has 0 amide bonds. The number of pyridine rings is 1. The number of ether oxygens (including phenoxy) is 2. The first-order valence-corrected chi connectivity index (χ1v) is 48.8. The van der Waals surface area contributed by atoms with E-state index in [1.807, 2.05) is 146 Å². The second-order valence-corrected chi connectivity index (χ2v) is 36.3. The molecule has 0 saturated carbocycles. The van der Waals surface area contributed by atoms with Crippen LogP contribution in [0.25, 0.3) is 194 Å². The van der Waals surface area contributed by atoms with E-state index in [-0.39, 0.29) is 24.0 Å². The molecule has 26 rings (SSSR count). The molecular weight excluding hydrogens is 1820 g/mol. The van der Waals surface area contributed by atoms with E-state index in [1.54, 1.807) is 70.6 Å². The lowest BCUT2D eigenvalue weighted by atomic mass is 10.0. The van der Waals surface area contributed by atoms with Gasteiger partial charge in [-0.05, 0) is 297 Å². The Labute approximate surface area is 831 Å². The number of nitrogens with one attached hydrogen (secondary N) is 1. The van der Waals surface area contributed by atoms with Gasteiger partial charge in [0.15, 0.2) is 28.8 Å². The summed E-state index contributed by atoms with van der Waals surface area (Å²) in [5.41, 5.74) is 27.9. The zero-order valence-electron chi connectivity index (χ0n) is 81.0. The van der Waals surface area contributed by atoms with Crippen LogP contribution in [0.15, 0.2) is 345 Å². The van der Waals surface area contributed by atoms with Gasteiger partial charge in [-0.15, -0.1) is 0 Å². The first-order valence-electron chi connectivity index (χ1n) is 48.8. The molecule has 22 nitrogen and oxygen atoms in total. The first-order chi connectivity index (χ1) is 71.0. The molecule has 12 aromatic heterocycles. The van der Waals surface area contributed by atoms with Gasteiger partial charge in [-0.25, -0.2) is 41.0 Å². The third-order valence-corrected chi connectivity index (χ3v) is 27.7. The quantitative estimate of drug-likeness (QED) is 0.0646. The van der Waals surface area contributed by atoms with E-state index < -0.39 is 17.5 Å². The van der Waals surface area contributed by atoms with Crippen LogP contribution in [-0.2, 0) is 44.3 Å². The highest BCUT2D eigenvalue weighted by Gasteiger charge is 2.24. The predicted molar refractivity (Wildman–Crippen MR) is 570 cm³/mol. The number of para-hydroxylation sites is 1. The number of furan rings is 1. The molecule has 722 valence electrons. The Kier molecular flexibility index (Phi) is 25.4. The molecule has 0 spiro atoms. The minimum absolute atomic E-state index is 0.0413. The normalized spacial score (nSPS) is 12.7. The molecule has 1 aliphatic rings. The summed E-state index contributed by atoms with van der Waals surface area (Å²) >= 11 is 0. The Balaban J connectivity index is 0.000000103. The fraction of sp³-hybridized carbons (Fsp3) is 0.160. The summed E-state index contributed by atoms with van der Waals surface area (Å²) < 4.78 is 92.4. The molecule has 13 aromatic carbocycles. The maximum atomic E-state index is 14.3. The van der Waals surface area contributed by atoms with Crippen molar-refractivity contribution < 1.29 is 41.7 Å². The highest BCUT2D eigenvalue weighted by atomic mass is 19.2. The summed E-state index contributed by atoms with van der Waals surface area (Å²) in [4.78, 5) is 4.47. The zero-order chi connectivity index (χ0) is 99.2. The average Bonchev–Trinajstić information content (AvgIpc) is 1.60. The number of nitrogens with zero attached hydrogens (tertiary/aromatic N) is 16. The maximum absolute atomic E-state index is 14.3. The van der Waals surface area contributed by atoms with Crippen molar-refractivity contribution in [3.8, 4) is 85.0 Å². The number of rotatable bonds is 19. The first kappa shape index (κ1) is 92.8. The number of aliphatic hydroxyl groups excluding tert-OH is 1. The molecule has 1 saturated heterocycles. The molecule has 25 aromatic rings. The second-order valence-electron chi connectivity index (χ2n) is 36.3. The number of aromatic hydroxyl groups is 1. The number of fused-ring (bicyclic) bond motifs is 16. The van der Waals surface area contributed by atoms with E-state index in [4.69, 9.17) is 13.9 Å². The van der Waals surface area contributed by atoms with Crippen LogP contribution in [-0.4, -0.2) is 114 Å². The SMILES string of the molecule is CCn1c2ccc(C)cc2c2cc(-n3nccc3-c3ccc(F)c(F)c3)ccc21.CCn1c2ccc(C)cc2c2cc(-n3nccc3COCC3CCCNC3)ccc21.CCn1c2ccc(F)cc2c2cc(-n3nccc3-c3cnc4ccoc4c3)ccc21.CCn1c2ccc(O)cc2c2cc(-n3nccc3-c3ccc(OC)c(F)c3)ccc21.OCn1c2ccccc2c2cc(-n3nccc3-c3ccccc3)ccc21. The van der Waals surface area contributed by atoms with Crippen molar-refractivity contribution in [2.24, 2.45) is 5.92 Å². The maximum Gasteiger partial charge on any atom is 0.165 e. The lowest BCUT2D eigenvalue weighted by Gasteiger charge is -2.22. The van der Waals surface area contributed by atoms with Crippen molar-refractivity contribution >= 4 is 120 Å². The number of hydrogen-bond donors (Lipinski definition) is 3. The van der Waals surface area contributed by atoms with Crippen LogP contribution >= 0.6 is 0 Å². The van der Waals surface area contributed by atoms with Crippen LogP contribution in [0.5, 0.6) is 11.5 Å². The van der Waals surface area contributed by atoms with Crippen molar-refractivity contribution in [1.82, 2.24) is 82.0 Å². The van der Waals surface area contributed by atoms with Crippen LogP contribution in [0.3, 0.4) is 0 Å². The Hall–Kier alpha value is -17.2.